The van der Waals surface area contributed by atoms with Crippen molar-refractivity contribution in [2.24, 2.45) is 0 Å². The third-order valence-corrected chi connectivity index (χ3v) is 5.16. The topological polar surface area (TPSA) is 54.0 Å². The molecule has 0 saturated heterocycles. The Morgan fingerprint density at radius 2 is 1.92 bits per heavy atom. The summed E-state index contributed by atoms with van der Waals surface area (Å²) in [7, 11) is 1.61. The number of hydrogen-bond donors (Lipinski definition) is 2. The predicted molar refractivity (Wildman–Crippen MR) is 101 cm³/mol. The second kappa shape index (κ2) is 6.80. The number of fused-ring (bicyclic) bond motifs is 1. The van der Waals surface area contributed by atoms with Gasteiger partial charge in [0.15, 0.2) is 5.13 Å². The number of aromatic nitrogens is 1. The highest BCUT2D eigenvalue weighted by Gasteiger charge is 2.21. The second-order valence-corrected chi connectivity index (χ2v) is 7.56. The third-order valence-electron chi connectivity index (χ3n) is 4.18. The van der Waals surface area contributed by atoms with Crippen molar-refractivity contribution in [1.29, 1.82) is 0 Å². The number of hydrogen-bond acceptors (Lipinski definition) is 4. The molecule has 1 heterocycles. The van der Waals surface area contributed by atoms with Gasteiger partial charge >= 0.3 is 0 Å². The molecule has 0 aliphatic carbocycles. The highest BCUT2D eigenvalue weighted by atomic mass is 32.1. The number of carbonyl (C=O) groups is 1. The van der Waals surface area contributed by atoms with Gasteiger partial charge < -0.3 is 10.6 Å². The first-order valence-electron chi connectivity index (χ1n) is 8.02. The molecule has 0 aliphatic rings. The van der Waals surface area contributed by atoms with E-state index in [1.165, 1.54) is 23.5 Å². The number of amides is 1. The Bertz CT molecular complexity index is 903. The van der Waals surface area contributed by atoms with Gasteiger partial charge in [0.25, 0.3) is 5.91 Å². The van der Waals surface area contributed by atoms with E-state index in [4.69, 9.17) is 0 Å². The van der Waals surface area contributed by atoms with Crippen LogP contribution in [0.25, 0.3) is 10.2 Å². The fourth-order valence-electron chi connectivity index (χ4n) is 2.59. The Kier molecular flexibility index (Phi) is 4.72. The highest BCUT2D eigenvalue weighted by Crippen LogP contribution is 2.29. The van der Waals surface area contributed by atoms with Crippen molar-refractivity contribution in [1.82, 2.24) is 10.3 Å². The minimum atomic E-state index is -0.231. The smallest absolute Gasteiger partial charge is 0.251 e. The van der Waals surface area contributed by atoms with E-state index >= 15 is 0 Å². The maximum absolute atomic E-state index is 13.1. The van der Waals surface area contributed by atoms with Crippen molar-refractivity contribution in [3.8, 4) is 0 Å². The van der Waals surface area contributed by atoms with Crippen LogP contribution in [0.4, 0.5) is 9.52 Å². The van der Waals surface area contributed by atoms with E-state index in [1.54, 1.807) is 13.1 Å². The van der Waals surface area contributed by atoms with Gasteiger partial charge in [-0.15, -0.1) is 0 Å². The molecule has 0 unspecified atom stereocenters. The SMILES string of the molecule is CNC(=O)c1ccc2nc(NCC(C)(C)c3ccc(F)cc3)sc2c1. The molecule has 4 nitrogen and oxygen atoms in total. The molecule has 3 aromatic rings. The van der Waals surface area contributed by atoms with Gasteiger partial charge in [0.2, 0.25) is 0 Å². The fourth-order valence-corrected chi connectivity index (χ4v) is 3.49. The average molecular weight is 357 g/mol. The highest BCUT2D eigenvalue weighted by molar-refractivity contribution is 7.22. The molecule has 3 rings (SSSR count). The molecule has 0 atom stereocenters. The van der Waals surface area contributed by atoms with Crippen LogP contribution in [0, 0.1) is 5.82 Å². The van der Waals surface area contributed by atoms with Crippen molar-refractivity contribution < 1.29 is 9.18 Å². The summed E-state index contributed by atoms with van der Waals surface area (Å²) in [5.74, 6) is -0.340. The molecule has 1 amide bonds. The van der Waals surface area contributed by atoms with Crippen molar-refractivity contribution in [3.05, 3.63) is 59.4 Å². The summed E-state index contributed by atoms with van der Waals surface area (Å²) in [4.78, 5) is 16.3. The number of anilines is 1. The Balaban J connectivity index is 1.76. The van der Waals surface area contributed by atoms with E-state index < -0.39 is 0 Å². The van der Waals surface area contributed by atoms with E-state index in [0.29, 0.717) is 12.1 Å². The van der Waals surface area contributed by atoms with Gasteiger partial charge in [-0.25, -0.2) is 9.37 Å². The minimum Gasteiger partial charge on any atom is -0.361 e. The summed E-state index contributed by atoms with van der Waals surface area (Å²) in [6.45, 7) is 4.87. The van der Waals surface area contributed by atoms with Crippen LogP contribution in [0.2, 0.25) is 0 Å². The zero-order valence-electron chi connectivity index (χ0n) is 14.4. The maximum Gasteiger partial charge on any atom is 0.251 e. The molecule has 0 bridgehead atoms. The van der Waals surface area contributed by atoms with E-state index in [2.05, 4.69) is 29.5 Å². The molecule has 1 aromatic heterocycles. The van der Waals surface area contributed by atoms with Gasteiger partial charge in [-0.2, -0.15) is 0 Å². The van der Waals surface area contributed by atoms with Crippen molar-refractivity contribution >= 4 is 32.6 Å². The first-order chi connectivity index (χ1) is 11.9. The van der Waals surface area contributed by atoms with Crippen LogP contribution in [0.3, 0.4) is 0 Å². The van der Waals surface area contributed by atoms with Gasteiger partial charge in [0.1, 0.15) is 5.82 Å². The van der Waals surface area contributed by atoms with Crippen LogP contribution in [-0.4, -0.2) is 24.5 Å². The molecule has 25 heavy (non-hydrogen) atoms. The van der Waals surface area contributed by atoms with Crippen molar-refractivity contribution in [3.63, 3.8) is 0 Å². The molecule has 6 heteroatoms. The van der Waals surface area contributed by atoms with Gasteiger partial charge in [-0.05, 0) is 35.9 Å². The number of nitrogens with one attached hydrogen (secondary N) is 2. The summed E-state index contributed by atoms with van der Waals surface area (Å²) >= 11 is 1.52. The molecule has 0 aliphatic heterocycles. The zero-order valence-corrected chi connectivity index (χ0v) is 15.2. The van der Waals surface area contributed by atoms with E-state index in [1.807, 2.05) is 24.3 Å². The number of nitrogens with zero attached hydrogens (tertiary/aromatic N) is 1. The minimum absolute atomic E-state index is 0.109. The predicted octanol–water partition coefficient (Wildman–Crippen LogP) is 4.18. The molecule has 2 N–H and O–H groups in total. The second-order valence-electron chi connectivity index (χ2n) is 6.52. The lowest BCUT2D eigenvalue weighted by Crippen LogP contribution is -2.27. The Morgan fingerprint density at radius 1 is 1.20 bits per heavy atom. The standard InChI is InChI=1S/C19H20FN3OS/c1-19(2,13-5-7-14(20)8-6-13)11-22-18-23-15-9-4-12(17(24)21-3)10-16(15)25-18/h4-10H,11H2,1-3H3,(H,21,24)(H,22,23). The van der Waals surface area contributed by atoms with Crippen molar-refractivity contribution in [2.45, 2.75) is 19.3 Å². The monoisotopic (exact) mass is 357 g/mol. The third kappa shape index (κ3) is 3.79. The first kappa shape index (κ1) is 17.4. The molecule has 0 saturated carbocycles. The normalized spacial score (nSPS) is 11.5. The molecular weight excluding hydrogens is 337 g/mol. The van der Waals surface area contributed by atoms with Crippen molar-refractivity contribution in [2.75, 3.05) is 18.9 Å². The number of rotatable bonds is 5. The quantitative estimate of drug-likeness (QED) is 0.720. The molecule has 2 aromatic carbocycles. The number of thiazole rings is 1. The Labute approximate surface area is 150 Å². The lowest BCUT2D eigenvalue weighted by molar-refractivity contribution is 0.0963. The molecular formula is C19H20FN3OS. The lowest BCUT2D eigenvalue weighted by atomic mass is 9.85. The maximum atomic E-state index is 13.1. The van der Waals surface area contributed by atoms with E-state index in [9.17, 15) is 9.18 Å². The lowest BCUT2D eigenvalue weighted by Gasteiger charge is -2.25. The molecule has 0 radical (unpaired) electrons. The number of carbonyl (C=O) groups excluding carboxylic acids is 1. The Hall–Kier alpha value is -2.47. The van der Waals surface area contributed by atoms with Crippen LogP contribution in [0.1, 0.15) is 29.8 Å². The molecule has 0 spiro atoms. The summed E-state index contributed by atoms with van der Waals surface area (Å²) in [6.07, 6.45) is 0. The average Bonchev–Trinajstić information content (AvgIpc) is 3.02. The van der Waals surface area contributed by atoms with E-state index in [-0.39, 0.29) is 17.1 Å². The van der Waals surface area contributed by atoms with Crippen LogP contribution >= 0.6 is 11.3 Å². The number of benzene rings is 2. The van der Waals surface area contributed by atoms with Crippen LogP contribution in [0.15, 0.2) is 42.5 Å². The zero-order chi connectivity index (χ0) is 18.0. The largest absolute Gasteiger partial charge is 0.361 e. The van der Waals surface area contributed by atoms with Gasteiger partial charge in [0, 0.05) is 24.6 Å². The van der Waals surface area contributed by atoms with Gasteiger partial charge in [-0.3, -0.25) is 4.79 Å². The summed E-state index contributed by atoms with van der Waals surface area (Å²) in [5, 5.41) is 6.79. The van der Waals surface area contributed by atoms with E-state index in [0.717, 1.165) is 20.9 Å². The Morgan fingerprint density at radius 3 is 2.60 bits per heavy atom. The fraction of sp³-hybridized carbons (Fsp3) is 0.263. The first-order valence-corrected chi connectivity index (χ1v) is 8.83. The van der Waals surface area contributed by atoms with Gasteiger partial charge in [0.05, 0.1) is 10.2 Å². The van der Waals surface area contributed by atoms with Gasteiger partial charge in [-0.1, -0.05) is 37.3 Å². The summed E-state index contributed by atoms with van der Waals surface area (Å²) < 4.78 is 14.1. The summed E-state index contributed by atoms with van der Waals surface area (Å²) in [5.41, 5.74) is 2.37. The number of halogens is 1. The molecule has 0 fully saturated rings. The van der Waals surface area contributed by atoms with Crippen LogP contribution in [-0.2, 0) is 5.41 Å². The van der Waals surface area contributed by atoms with Crippen LogP contribution in [0.5, 0.6) is 0 Å². The van der Waals surface area contributed by atoms with Crippen LogP contribution < -0.4 is 10.6 Å². The molecule has 130 valence electrons. The summed E-state index contributed by atoms with van der Waals surface area (Å²) in [6, 6.07) is 12.1.